The van der Waals surface area contributed by atoms with Crippen LogP contribution in [-0.4, -0.2) is 45.4 Å². The van der Waals surface area contributed by atoms with Gasteiger partial charge >= 0.3 is 12.1 Å². The molecule has 1 atom stereocenters. The van der Waals surface area contributed by atoms with Crippen molar-refractivity contribution in [3.63, 3.8) is 0 Å². The van der Waals surface area contributed by atoms with Gasteiger partial charge in [-0.2, -0.15) is 13.2 Å². The van der Waals surface area contributed by atoms with E-state index in [1.165, 1.54) is 12.1 Å². The predicted molar refractivity (Wildman–Crippen MR) is 119 cm³/mol. The molecule has 7 nitrogen and oxygen atoms in total. The SMILES string of the molecule is O=C(O)C1(C[C@H]2CN(S(=O)(=O)c3cccc(C(F)(F)F)c3)c3cc(Br)ccc3O2)CCOCC1. The molecule has 2 aromatic rings. The number of hydrogen-bond donors (Lipinski definition) is 1. The number of sulfonamides is 1. The van der Waals surface area contributed by atoms with Gasteiger partial charge in [-0.1, -0.05) is 22.0 Å². The zero-order valence-corrected chi connectivity index (χ0v) is 20.1. The van der Waals surface area contributed by atoms with Crippen molar-refractivity contribution in [3.8, 4) is 5.75 Å². The maximum Gasteiger partial charge on any atom is 0.416 e. The average Bonchev–Trinajstić information content (AvgIpc) is 2.79. The molecule has 184 valence electrons. The van der Waals surface area contributed by atoms with Crippen LogP contribution in [0.4, 0.5) is 18.9 Å². The van der Waals surface area contributed by atoms with E-state index in [-0.39, 0.29) is 50.5 Å². The van der Waals surface area contributed by atoms with Crippen LogP contribution >= 0.6 is 15.9 Å². The number of halogens is 4. The first kappa shape index (κ1) is 24.8. The van der Waals surface area contributed by atoms with E-state index in [2.05, 4.69) is 15.9 Å². The van der Waals surface area contributed by atoms with E-state index in [1.54, 1.807) is 6.07 Å². The molecule has 34 heavy (non-hydrogen) atoms. The van der Waals surface area contributed by atoms with Gasteiger partial charge in [0.1, 0.15) is 11.9 Å². The van der Waals surface area contributed by atoms with Crippen molar-refractivity contribution >= 4 is 37.6 Å². The summed E-state index contributed by atoms with van der Waals surface area (Å²) >= 11 is 3.28. The smallest absolute Gasteiger partial charge is 0.416 e. The standard InChI is InChI=1S/C22H21BrF3NO6S/c23-15-4-5-19-18(11-15)27(34(30,31)17-3-1-2-14(10-17)22(24,25)26)13-16(33-19)12-21(20(28)29)6-8-32-9-7-21/h1-5,10-11,16H,6-9,12-13H2,(H,28,29)/t16-/m0/s1. The van der Waals surface area contributed by atoms with Gasteiger partial charge < -0.3 is 14.6 Å². The summed E-state index contributed by atoms with van der Waals surface area (Å²) < 4.78 is 79.6. The third-order valence-corrected chi connectivity index (χ3v) is 8.39. The highest BCUT2D eigenvalue weighted by atomic mass is 79.9. The molecule has 1 fully saturated rings. The number of aliphatic carboxylic acids is 1. The number of benzene rings is 2. The van der Waals surface area contributed by atoms with Gasteiger partial charge in [-0.25, -0.2) is 8.42 Å². The molecular formula is C22H21BrF3NO6S. The molecule has 1 saturated heterocycles. The minimum absolute atomic E-state index is 0.0236. The zero-order valence-electron chi connectivity index (χ0n) is 17.7. The Morgan fingerprint density at radius 1 is 1.18 bits per heavy atom. The average molecular weight is 564 g/mol. The number of carboxylic acid groups (broad SMARTS) is 1. The lowest BCUT2D eigenvalue weighted by atomic mass is 9.75. The summed E-state index contributed by atoms with van der Waals surface area (Å²) in [6.45, 7) is 0.265. The van der Waals surface area contributed by atoms with Crippen molar-refractivity contribution in [2.45, 2.75) is 36.4 Å². The topological polar surface area (TPSA) is 93.1 Å². The van der Waals surface area contributed by atoms with Crippen molar-refractivity contribution in [2.75, 3.05) is 24.1 Å². The Morgan fingerprint density at radius 2 is 1.88 bits per heavy atom. The Morgan fingerprint density at radius 3 is 2.53 bits per heavy atom. The Bertz CT molecular complexity index is 1200. The summed E-state index contributed by atoms with van der Waals surface area (Å²) in [5.74, 6) is -0.823. The molecular weight excluding hydrogens is 543 g/mol. The maximum absolute atomic E-state index is 13.5. The van der Waals surface area contributed by atoms with E-state index in [0.717, 1.165) is 22.5 Å². The van der Waals surface area contributed by atoms with E-state index in [0.29, 0.717) is 10.5 Å². The predicted octanol–water partition coefficient (Wildman–Crippen LogP) is 4.70. The highest BCUT2D eigenvalue weighted by Crippen LogP contribution is 2.43. The molecule has 0 amide bonds. The van der Waals surface area contributed by atoms with Crippen LogP contribution in [0.2, 0.25) is 0 Å². The summed E-state index contributed by atoms with van der Waals surface area (Å²) in [7, 11) is -4.43. The van der Waals surface area contributed by atoms with Gasteiger partial charge in [-0.05, 0) is 49.2 Å². The first-order chi connectivity index (χ1) is 15.9. The largest absolute Gasteiger partial charge is 0.486 e. The Kier molecular flexibility index (Phi) is 6.60. The molecule has 4 rings (SSSR count). The van der Waals surface area contributed by atoms with Gasteiger partial charge in [-0.15, -0.1) is 0 Å². The number of rotatable bonds is 5. The van der Waals surface area contributed by atoms with Crippen LogP contribution in [0.15, 0.2) is 51.8 Å². The molecule has 0 spiro atoms. The molecule has 0 saturated carbocycles. The van der Waals surface area contributed by atoms with Crippen LogP contribution in [0.1, 0.15) is 24.8 Å². The summed E-state index contributed by atoms with van der Waals surface area (Å²) in [6, 6.07) is 8.20. The third-order valence-electron chi connectivity index (χ3n) is 6.12. The number of fused-ring (bicyclic) bond motifs is 1. The van der Waals surface area contributed by atoms with Gasteiger partial charge in [0.05, 0.1) is 28.1 Å². The fourth-order valence-electron chi connectivity index (χ4n) is 4.28. The number of nitrogens with zero attached hydrogens (tertiary/aromatic N) is 1. The minimum Gasteiger partial charge on any atom is -0.486 e. The minimum atomic E-state index is -4.71. The number of ether oxygens (including phenoxy) is 2. The van der Waals surface area contributed by atoms with Gasteiger partial charge in [0.15, 0.2) is 0 Å². The summed E-state index contributed by atoms with van der Waals surface area (Å²) in [4.78, 5) is 11.6. The van der Waals surface area contributed by atoms with Crippen LogP contribution in [-0.2, 0) is 25.7 Å². The summed E-state index contributed by atoms with van der Waals surface area (Å²) in [5.41, 5.74) is -2.08. The van der Waals surface area contributed by atoms with Gasteiger partial charge in [-0.3, -0.25) is 9.10 Å². The second kappa shape index (κ2) is 9.04. The number of anilines is 1. The van der Waals surface area contributed by atoms with Gasteiger partial charge in [0, 0.05) is 24.1 Å². The van der Waals surface area contributed by atoms with Crippen molar-refractivity contribution < 1.29 is 41.0 Å². The second-order valence-electron chi connectivity index (χ2n) is 8.32. The van der Waals surface area contributed by atoms with Crippen LogP contribution in [0, 0.1) is 5.41 Å². The van der Waals surface area contributed by atoms with Crippen LogP contribution in [0.5, 0.6) is 5.75 Å². The molecule has 0 unspecified atom stereocenters. The van der Waals surface area contributed by atoms with E-state index in [4.69, 9.17) is 9.47 Å². The highest BCUT2D eigenvalue weighted by Gasteiger charge is 2.45. The number of hydrogen-bond acceptors (Lipinski definition) is 5. The second-order valence-corrected chi connectivity index (χ2v) is 11.1. The zero-order chi connectivity index (χ0) is 24.7. The monoisotopic (exact) mass is 563 g/mol. The van der Waals surface area contributed by atoms with Gasteiger partial charge in [0.2, 0.25) is 0 Å². The third kappa shape index (κ3) is 4.76. The highest BCUT2D eigenvalue weighted by molar-refractivity contribution is 9.10. The molecule has 0 aromatic heterocycles. The lowest BCUT2D eigenvalue weighted by Crippen LogP contribution is -2.48. The first-order valence-corrected chi connectivity index (χ1v) is 12.6. The maximum atomic E-state index is 13.5. The molecule has 2 aromatic carbocycles. The Labute approximate surface area is 202 Å². The number of alkyl halides is 3. The lowest BCUT2D eigenvalue weighted by Gasteiger charge is -2.40. The normalized spacial score (nSPS) is 20.4. The molecule has 0 bridgehead atoms. The van der Waals surface area contributed by atoms with Gasteiger partial charge in [0.25, 0.3) is 10.0 Å². The first-order valence-electron chi connectivity index (χ1n) is 10.4. The van der Waals surface area contributed by atoms with Crippen molar-refractivity contribution in [1.82, 2.24) is 0 Å². The molecule has 2 heterocycles. The fraction of sp³-hybridized carbons (Fsp3) is 0.409. The van der Waals surface area contributed by atoms with E-state index < -0.39 is 44.1 Å². The van der Waals surface area contributed by atoms with E-state index in [1.807, 2.05) is 0 Å². The quantitative estimate of drug-likeness (QED) is 0.567. The van der Waals surface area contributed by atoms with E-state index in [9.17, 15) is 31.5 Å². The number of carboxylic acids is 1. The van der Waals surface area contributed by atoms with Crippen molar-refractivity contribution in [3.05, 3.63) is 52.5 Å². The molecule has 2 aliphatic rings. The molecule has 0 aliphatic carbocycles. The van der Waals surface area contributed by atoms with Crippen molar-refractivity contribution in [1.29, 1.82) is 0 Å². The molecule has 2 aliphatic heterocycles. The molecule has 12 heteroatoms. The fourth-order valence-corrected chi connectivity index (χ4v) is 6.18. The number of carbonyl (C=O) groups is 1. The lowest BCUT2D eigenvalue weighted by molar-refractivity contribution is -0.157. The van der Waals surface area contributed by atoms with Crippen LogP contribution < -0.4 is 9.04 Å². The van der Waals surface area contributed by atoms with Crippen LogP contribution in [0.3, 0.4) is 0 Å². The molecule has 1 N–H and O–H groups in total. The molecule has 0 radical (unpaired) electrons. The van der Waals surface area contributed by atoms with Crippen LogP contribution in [0.25, 0.3) is 0 Å². The van der Waals surface area contributed by atoms with Crippen molar-refractivity contribution in [2.24, 2.45) is 5.41 Å². The Balaban J connectivity index is 1.74. The Hall–Kier alpha value is -2.31. The van der Waals surface area contributed by atoms with E-state index >= 15 is 0 Å². The summed E-state index contributed by atoms with van der Waals surface area (Å²) in [5, 5.41) is 9.91. The summed E-state index contributed by atoms with van der Waals surface area (Å²) in [6.07, 6.45) is -5.03.